The van der Waals surface area contributed by atoms with Crippen LogP contribution < -0.4 is 43.2 Å². The highest BCUT2D eigenvalue weighted by atomic mass is 35.5. The zero-order valence-corrected chi connectivity index (χ0v) is 42.2. The van der Waals surface area contributed by atoms with Gasteiger partial charge in [-0.05, 0) is 140 Å². The molecule has 1 N–H and O–H groups in total. The molecule has 2 amide bonds. The second kappa shape index (κ2) is 26.4. The average Bonchev–Trinajstić information content (AvgIpc) is 3.94. The summed E-state index contributed by atoms with van der Waals surface area (Å²) >= 11 is 14.2. The Labute approximate surface area is 426 Å². The molecule has 13 nitrogen and oxygen atoms in total. The zero-order chi connectivity index (χ0) is 50.0. The molecule has 1 saturated heterocycles. The molecule has 1 aliphatic rings. The van der Waals surface area contributed by atoms with E-state index in [9.17, 15) is 9.59 Å². The van der Waals surface area contributed by atoms with E-state index in [4.69, 9.17) is 61.1 Å². The Balaban J connectivity index is 1.06. The number of methoxy groups -OCH3 is 4. The number of benzene rings is 6. The Kier molecular flexibility index (Phi) is 19.4. The van der Waals surface area contributed by atoms with Gasteiger partial charge in [-0.2, -0.15) is 0 Å². The smallest absolute Gasteiger partial charge is 0.255 e. The molecule has 0 spiro atoms. The largest absolute Gasteiger partial charge is 0.497 e. The van der Waals surface area contributed by atoms with Gasteiger partial charge in [0, 0.05) is 19.6 Å². The van der Waals surface area contributed by atoms with Gasteiger partial charge in [-0.15, -0.1) is 0 Å². The molecule has 1 aliphatic heterocycles. The molecule has 0 aliphatic carbocycles. The van der Waals surface area contributed by atoms with Crippen LogP contribution in [-0.4, -0.2) is 89.3 Å². The van der Waals surface area contributed by atoms with Crippen LogP contribution in [0.25, 0.3) is 0 Å². The number of nitrogens with one attached hydrogen (secondary N) is 1. The van der Waals surface area contributed by atoms with E-state index in [1.165, 1.54) is 12.8 Å². The number of hydrogen-bond acceptors (Lipinski definition) is 11. The molecular formula is C56H61Cl2N3O10. The first-order valence-corrected chi connectivity index (χ1v) is 24.4. The summed E-state index contributed by atoms with van der Waals surface area (Å²) in [4.78, 5) is 32.7. The van der Waals surface area contributed by atoms with E-state index >= 15 is 0 Å². The Bertz CT molecular complexity index is 2640. The molecular weight excluding hydrogens is 946 g/mol. The van der Waals surface area contributed by atoms with Crippen LogP contribution in [0.15, 0.2) is 121 Å². The molecule has 15 heteroatoms. The van der Waals surface area contributed by atoms with Crippen molar-refractivity contribution in [3.8, 4) is 46.0 Å². The van der Waals surface area contributed by atoms with Crippen molar-refractivity contribution in [1.29, 1.82) is 0 Å². The molecule has 6 aromatic carbocycles. The van der Waals surface area contributed by atoms with Crippen molar-refractivity contribution in [2.45, 2.75) is 52.1 Å². The molecule has 0 unspecified atom stereocenters. The Hall–Kier alpha value is -6.80. The van der Waals surface area contributed by atoms with Gasteiger partial charge in [0.15, 0.2) is 23.0 Å². The van der Waals surface area contributed by atoms with Crippen LogP contribution in [0.4, 0.5) is 0 Å². The van der Waals surface area contributed by atoms with Crippen molar-refractivity contribution < 1.29 is 47.5 Å². The fourth-order valence-electron chi connectivity index (χ4n) is 7.98. The molecule has 0 bridgehead atoms. The molecule has 374 valence electrons. The molecule has 0 saturated carbocycles. The highest BCUT2D eigenvalue weighted by Gasteiger charge is 2.25. The number of ether oxygens (including phenoxy) is 8. The first kappa shape index (κ1) is 52.0. The number of halogens is 2. The SMILES string of the molecule is COc1ccc(COc2ccc(C(=O)NCCCN(CCCN3CCCC3)C(=O)c3ccc(OCc4ccc(OC)cc4)c(OCc4ccc(OC)cc4)c3Cl)c(Cl)c2OCc2ccc(OC)cc2)cc1. The molecule has 7 rings (SSSR count). The highest BCUT2D eigenvalue weighted by Crippen LogP contribution is 2.41. The highest BCUT2D eigenvalue weighted by molar-refractivity contribution is 6.36. The Morgan fingerprint density at radius 3 is 1.31 bits per heavy atom. The van der Waals surface area contributed by atoms with E-state index in [0.717, 1.165) is 65.6 Å². The van der Waals surface area contributed by atoms with Gasteiger partial charge in [-0.25, -0.2) is 0 Å². The lowest BCUT2D eigenvalue weighted by atomic mass is 10.1. The van der Waals surface area contributed by atoms with Gasteiger partial charge in [0.05, 0.1) is 49.6 Å². The summed E-state index contributed by atoms with van der Waals surface area (Å²) in [5.74, 6) is 3.51. The molecule has 0 radical (unpaired) electrons. The summed E-state index contributed by atoms with van der Waals surface area (Å²) in [6.07, 6.45) is 3.55. The van der Waals surface area contributed by atoms with Gasteiger partial charge >= 0.3 is 0 Å². The maximum atomic E-state index is 14.6. The molecule has 0 aromatic heterocycles. The number of carbonyl (C=O) groups is 2. The van der Waals surface area contributed by atoms with Crippen molar-refractivity contribution in [1.82, 2.24) is 15.1 Å². The lowest BCUT2D eigenvalue weighted by Gasteiger charge is -2.25. The number of amides is 2. The van der Waals surface area contributed by atoms with Crippen LogP contribution in [0.2, 0.25) is 10.0 Å². The predicted molar refractivity (Wildman–Crippen MR) is 275 cm³/mol. The van der Waals surface area contributed by atoms with Crippen molar-refractivity contribution >= 4 is 35.0 Å². The summed E-state index contributed by atoms with van der Waals surface area (Å²) in [6.45, 7) is 4.82. The van der Waals surface area contributed by atoms with E-state index in [-0.39, 0.29) is 71.6 Å². The van der Waals surface area contributed by atoms with E-state index < -0.39 is 5.91 Å². The third-order valence-corrected chi connectivity index (χ3v) is 12.8. The third kappa shape index (κ3) is 14.6. The first-order chi connectivity index (χ1) is 34.7. The fraction of sp³-hybridized carbons (Fsp3) is 0.321. The van der Waals surface area contributed by atoms with Crippen LogP contribution in [0.1, 0.15) is 68.7 Å². The normalized spacial score (nSPS) is 12.2. The van der Waals surface area contributed by atoms with Gasteiger partial charge in [0.1, 0.15) is 49.4 Å². The zero-order valence-electron chi connectivity index (χ0n) is 40.7. The van der Waals surface area contributed by atoms with Crippen LogP contribution in [0.3, 0.4) is 0 Å². The minimum absolute atomic E-state index is 0.109. The van der Waals surface area contributed by atoms with Crippen molar-refractivity contribution in [3.05, 3.63) is 165 Å². The number of hydrogen-bond donors (Lipinski definition) is 1. The minimum Gasteiger partial charge on any atom is -0.497 e. The molecule has 1 fully saturated rings. The van der Waals surface area contributed by atoms with Crippen LogP contribution in [0, 0.1) is 0 Å². The minimum atomic E-state index is -0.398. The fourth-order valence-corrected chi connectivity index (χ4v) is 8.57. The first-order valence-electron chi connectivity index (χ1n) is 23.6. The second-order valence-corrected chi connectivity index (χ2v) is 17.6. The van der Waals surface area contributed by atoms with Gasteiger partial charge in [0.25, 0.3) is 11.8 Å². The molecule has 6 aromatic rings. The van der Waals surface area contributed by atoms with E-state index in [1.54, 1.807) is 57.6 Å². The second-order valence-electron chi connectivity index (χ2n) is 16.9. The maximum Gasteiger partial charge on any atom is 0.255 e. The molecule has 71 heavy (non-hydrogen) atoms. The van der Waals surface area contributed by atoms with Crippen LogP contribution in [-0.2, 0) is 26.4 Å². The third-order valence-electron chi connectivity index (χ3n) is 12.1. The average molecular weight is 1010 g/mol. The van der Waals surface area contributed by atoms with Gasteiger partial charge in [0.2, 0.25) is 0 Å². The Morgan fingerprint density at radius 2 is 0.887 bits per heavy atom. The van der Waals surface area contributed by atoms with Crippen LogP contribution in [0.5, 0.6) is 46.0 Å². The summed E-state index contributed by atoms with van der Waals surface area (Å²) in [5.41, 5.74) is 4.05. The summed E-state index contributed by atoms with van der Waals surface area (Å²) in [6, 6.07) is 36.8. The maximum absolute atomic E-state index is 14.6. The van der Waals surface area contributed by atoms with E-state index in [0.29, 0.717) is 36.8 Å². The topological polar surface area (TPSA) is 126 Å². The summed E-state index contributed by atoms with van der Waals surface area (Å²) in [7, 11) is 6.45. The van der Waals surface area contributed by atoms with Crippen molar-refractivity contribution in [3.63, 3.8) is 0 Å². The van der Waals surface area contributed by atoms with Crippen molar-refractivity contribution in [2.24, 2.45) is 0 Å². The Morgan fingerprint density at radius 1 is 0.507 bits per heavy atom. The van der Waals surface area contributed by atoms with E-state index in [1.807, 2.05) is 97.1 Å². The standard InChI is InChI=1S/C56H61Cl2N3O10/c1-64-43-17-9-39(10-18-43)35-68-49-27-25-47(51(57)53(49)70-37-41-13-21-45(66-3)22-14-41)55(62)59-29-7-33-61(34-8-32-60-30-5-6-31-60)56(63)48-26-28-50(69-36-40-11-19-44(65-2)20-12-40)54(52(48)58)71-38-42-15-23-46(67-4)24-16-42/h9-28H,5-8,29-38H2,1-4H3,(H,59,62). The molecule has 1 heterocycles. The van der Waals surface area contributed by atoms with Crippen LogP contribution >= 0.6 is 23.2 Å². The summed E-state index contributed by atoms with van der Waals surface area (Å²) < 4.78 is 46.4. The lowest BCUT2D eigenvalue weighted by Crippen LogP contribution is -2.36. The monoisotopic (exact) mass is 1010 g/mol. The van der Waals surface area contributed by atoms with Gasteiger partial charge in [-0.3, -0.25) is 9.59 Å². The number of nitrogens with zero attached hydrogens (tertiary/aromatic N) is 2. The summed E-state index contributed by atoms with van der Waals surface area (Å²) in [5, 5.41) is 3.26. The van der Waals surface area contributed by atoms with Gasteiger partial charge < -0.3 is 53.0 Å². The lowest BCUT2D eigenvalue weighted by molar-refractivity contribution is 0.0746. The number of carbonyl (C=O) groups excluding carboxylic acids is 2. The number of rotatable bonds is 26. The van der Waals surface area contributed by atoms with Crippen molar-refractivity contribution in [2.75, 3.05) is 67.7 Å². The predicted octanol–water partition coefficient (Wildman–Crippen LogP) is 11.1. The van der Waals surface area contributed by atoms with E-state index in [2.05, 4.69) is 10.2 Å². The van der Waals surface area contributed by atoms with Gasteiger partial charge in [-0.1, -0.05) is 71.7 Å². The number of likely N-dealkylation sites (tertiary alicyclic amines) is 1. The quantitative estimate of drug-likeness (QED) is 0.0522. The molecule has 0 atom stereocenters.